The number of carbonyl (C=O) groups excluding carboxylic acids is 2. The molecule has 1 aliphatic heterocycles. The van der Waals surface area contributed by atoms with Gasteiger partial charge in [-0.25, -0.2) is 0 Å². The van der Waals surface area contributed by atoms with E-state index in [1.54, 1.807) is 26.0 Å². The zero-order valence-corrected chi connectivity index (χ0v) is 13.9. The number of ketones is 1. The summed E-state index contributed by atoms with van der Waals surface area (Å²) in [5, 5.41) is 11.1. The quantitative estimate of drug-likeness (QED) is 0.356. The van der Waals surface area contributed by atoms with Crippen LogP contribution in [0.5, 0.6) is 0 Å². The van der Waals surface area contributed by atoms with Gasteiger partial charge in [-0.2, -0.15) is 0 Å². The Labute approximate surface area is 140 Å². The number of carbonyl (C=O) groups is 2. The molecule has 128 valence electrons. The number of esters is 1. The van der Waals surface area contributed by atoms with Crippen LogP contribution in [0.4, 0.5) is 5.69 Å². The smallest absolute Gasteiger partial charge is 0.319 e. The van der Waals surface area contributed by atoms with Crippen molar-refractivity contribution >= 4 is 17.4 Å². The lowest BCUT2D eigenvalue weighted by molar-refractivity contribution is -0.385. The van der Waals surface area contributed by atoms with Gasteiger partial charge in [0.15, 0.2) is 5.78 Å². The van der Waals surface area contributed by atoms with Crippen LogP contribution in [0.3, 0.4) is 0 Å². The Morgan fingerprint density at radius 1 is 1.17 bits per heavy atom. The standard InChI is InChI=1S/C18H21NO5/c1-17(2)15(20)18(9-4-3-5-10-18)14(24-16(17)21)12-7-6-8-13(11-12)19(22)23/h6-8,11,14H,3-5,9-10H2,1-2H3/t14-/m0/s1. The van der Waals surface area contributed by atoms with E-state index >= 15 is 0 Å². The van der Waals surface area contributed by atoms with Gasteiger partial charge in [0, 0.05) is 17.7 Å². The SMILES string of the molecule is CC1(C)C(=O)O[C@@H](c2cccc([N+](=O)[O-])c2)C2(CCCCC2)C1=O. The van der Waals surface area contributed by atoms with E-state index in [1.807, 2.05) is 0 Å². The van der Waals surface area contributed by atoms with Gasteiger partial charge in [0.1, 0.15) is 11.5 Å². The zero-order valence-electron chi connectivity index (χ0n) is 13.9. The van der Waals surface area contributed by atoms with Crippen molar-refractivity contribution in [2.75, 3.05) is 0 Å². The number of ether oxygens (including phenoxy) is 1. The Morgan fingerprint density at radius 3 is 2.46 bits per heavy atom. The summed E-state index contributed by atoms with van der Waals surface area (Å²) in [6.07, 6.45) is 3.39. The van der Waals surface area contributed by atoms with Crippen LogP contribution in [0.25, 0.3) is 0 Å². The lowest BCUT2D eigenvalue weighted by Crippen LogP contribution is -2.55. The molecule has 1 aliphatic carbocycles. The fourth-order valence-corrected chi connectivity index (χ4v) is 4.06. The molecule has 1 saturated carbocycles. The molecule has 1 spiro atoms. The van der Waals surface area contributed by atoms with E-state index in [4.69, 9.17) is 4.74 Å². The first kappa shape index (κ1) is 16.6. The Kier molecular flexibility index (Phi) is 3.94. The monoisotopic (exact) mass is 331 g/mol. The van der Waals surface area contributed by atoms with E-state index in [1.165, 1.54) is 12.1 Å². The summed E-state index contributed by atoms with van der Waals surface area (Å²) in [4.78, 5) is 36.2. The number of rotatable bonds is 2. The van der Waals surface area contributed by atoms with Crippen LogP contribution in [0.15, 0.2) is 24.3 Å². The van der Waals surface area contributed by atoms with E-state index in [9.17, 15) is 19.7 Å². The average molecular weight is 331 g/mol. The molecule has 0 N–H and O–H groups in total. The van der Waals surface area contributed by atoms with Gasteiger partial charge in [-0.15, -0.1) is 0 Å². The minimum atomic E-state index is -1.17. The highest BCUT2D eigenvalue weighted by Gasteiger charge is 2.60. The molecule has 0 bridgehead atoms. The van der Waals surface area contributed by atoms with Gasteiger partial charge in [-0.3, -0.25) is 19.7 Å². The molecule has 0 radical (unpaired) electrons. The maximum absolute atomic E-state index is 13.2. The van der Waals surface area contributed by atoms with Gasteiger partial charge in [0.2, 0.25) is 0 Å². The molecule has 0 amide bonds. The highest BCUT2D eigenvalue weighted by atomic mass is 16.6. The van der Waals surface area contributed by atoms with Gasteiger partial charge >= 0.3 is 5.97 Å². The van der Waals surface area contributed by atoms with Gasteiger partial charge in [-0.1, -0.05) is 31.4 Å². The molecule has 1 aromatic rings. The number of nitro groups is 1. The van der Waals surface area contributed by atoms with Crippen molar-refractivity contribution < 1.29 is 19.2 Å². The van der Waals surface area contributed by atoms with Crippen molar-refractivity contribution in [2.45, 2.75) is 52.1 Å². The van der Waals surface area contributed by atoms with Crippen molar-refractivity contribution in [3.05, 3.63) is 39.9 Å². The van der Waals surface area contributed by atoms with E-state index in [-0.39, 0.29) is 11.5 Å². The summed E-state index contributed by atoms with van der Waals surface area (Å²) in [7, 11) is 0. The summed E-state index contributed by atoms with van der Waals surface area (Å²) >= 11 is 0. The third-order valence-electron chi connectivity index (χ3n) is 5.39. The first-order chi connectivity index (χ1) is 11.3. The Morgan fingerprint density at radius 2 is 1.83 bits per heavy atom. The van der Waals surface area contributed by atoms with Crippen molar-refractivity contribution in [1.29, 1.82) is 0 Å². The van der Waals surface area contributed by atoms with Gasteiger partial charge in [-0.05, 0) is 26.7 Å². The fraction of sp³-hybridized carbons (Fsp3) is 0.556. The number of nitrogens with zero attached hydrogens (tertiary/aromatic N) is 1. The number of hydrogen-bond acceptors (Lipinski definition) is 5. The largest absolute Gasteiger partial charge is 0.456 e. The summed E-state index contributed by atoms with van der Waals surface area (Å²) < 4.78 is 5.70. The molecule has 3 rings (SSSR count). The van der Waals surface area contributed by atoms with Gasteiger partial charge < -0.3 is 4.74 Å². The number of Topliss-reactive ketones (excluding diaryl/α,β-unsaturated/α-hetero) is 1. The van der Waals surface area contributed by atoms with E-state index in [2.05, 4.69) is 0 Å². The van der Waals surface area contributed by atoms with E-state index in [0.717, 1.165) is 19.3 Å². The molecule has 24 heavy (non-hydrogen) atoms. The van der Waals surface area contributed by atoms with Crippen LogP contribution >= 0.6 is 0 Å². The predicted molar refractivity (Wildman–Crippen MR) is 86.2 cm³/mol. The number of hydrogen-bond donors (Lipinski definition) is 0. The van der Waals surface area contributed by atoms with Crippen LogP contribution in [0.2, 0.25) is 0 Å². The summed E-state index contributed by atoms with van der Waals surface area (Å²) in [5.41, 5.74) is -1.48. The highest BCUT2D eigenvalue weighted by molar-refractivity contribution is 6.08. The van der Waals surface area contributed by atoms with E-state index < -0.39 is 27.8 Å². The second kappa shape index (κ2) is 5.69. The van der Waals surface area contributed by atoms with Crippen LogP contribution in [-0.2, 0) is 14.3 Å². The first-order valence-electron chi connectivity index (χ1n) is 8.29. The molecule has 2 aliphatic rings. The Bertz CT molecular complexity index is 703. The summed E-state index contributed by atoms with van der Waals surface area (Å²) in [5.74, 6) is -0.650. The van der Waals surface area contributed by atoms with Crippen LogP contribution in [-0.4, -0.2) is 16.7 Å². The second-order valence-corrected chi connectivity index (χ2v) is 7.31. The molecule has 1 saturated heterocycles. The van der Waals surface area contributed by atoms with Crippen LogP contribution < -0.4 is 0 Å². The molecule has 6 nitrogen and oxygen atoms in total. The second-order valence-electron chi connectivity index (χ2n) is 7.31. The van der Waals surface area contributed by atoms with Crippen LogP contribution in [0, 0.1) is 20.9 Å². The van der Waals surface area contributed by atoms with Crippen molar-refractivity contribution in [3.8, 4) is 0 Å². The molecule has 1 atom stereocenters. The third kappa shape index (κ3) is 2.41. The average Bonchev–Trinajstić information content (AvgIpc) is 2.58. The van der Waals surface area contributed by atoms with Gasteiger partial charge in [0.25, 0.3) is 5.69 Å². The van der Waals surface area contributed by atoms with Gasteiger partial charge in [0.05, 0.1) is 10.3 Å². The minimum Gasteiger partial charge on any atom is -0.456 e. The number of nitro benzene ring substituents is 1. The lowest BCUT2D eigenvalue weighted by Gasteiger charge is -2.49. The highest BCUT2D eigenvalue weighted by Crippen LogP contribution is 2.55. The van der Waals surface area contributed by atoms with Crippen LogP contribution in [0.1, 0.15) is 57.6 Å². The number of benzene rings is 1. The molecule has 1 aromatic carbocycles. The predicted octanol–water partition coefficient (Wildman–Crippen LogP) is 3.74. The maximum atomic E-state index is 13.2. The first-order valence-corrected chi connectivity index (χ1v) is 8.29. The molecule has 6 heteroatoms. The molecular formula is C18H21NO5. The summed E-state index contributed by atoms with van der Waals surface area (Å²) in [6.45, 7) is 3.22. The molecule has 2 fully saturated rings. The third-order valence-corrected chi connectivity index (χ3v) is 5.39. The molecule has 0 aromatic heterocycles. The number of non-ortho nitro benzene ring substituents is 1. The Hall–Kier alpha value is -2.24. The maximum Gasteiger partial charge on any atom is 0.319 e. The number of cyclic esters (lactones) is 1. The molecular weight excluding hydrogens is 310 g/mol. The molecule has 1 heterocycles. The Balaban J connectivity index is 2.10. The van der Waals surface area contributed by atoms with Crippen molar-refractivity contribution in [3.63, 3.8) is 0 Å². The summed E-state index contributed by atoms with van der Waals surface area (Å²) in [6, 6.07) is 6.09. The topological polar surface area (TPSA) is 86.5 Å². The lowest BCUT2D eigenvalue weighted by atomic mass is 9.59. The fourth-order valence-electron chi connectivity index (χ4n) is 4.06. The molecule has 0 unspecified atom stereocenters. The van der Waals surface area contributed by atoms with Crippen molar-refractivity contribution in [2.24, 2.45) is 10.8 Å². The normalized spacial score (nSPS) is 25.3. The zero-order chi connectivity index (χ0) is 17.5. The van der Waals surface area contributed by atoms with E-state index in [0.29, 0.717) is 18.4 Å². The minimum absolute atomic E-state index is 0.0632. The van der Waals surface area contributed by atoms with Crippen molar-refractivity contribution in [1.82, 2.24) is 0 Å².